The molecule has 10 heteroatoms. The number of hydrogen-bond acceptors (Lipinski definition) is 4. The fourth-order valence-corrected chi connectivity index (χ4v) is 3.25. The number of amides is 2. The van der Waals surface area contributed by atoms with Gasteiger partial charge in [0.25, 0.3) is 5.91 Å². The number of alkyl halides is 3. The largest absolute Gasteiger partial charge is 0.417 e. The van der Waals surface area contributed by atoms with Gasteiger partial charge in [0, 0.05) is 6.61 Å². The van der Waals surface area contributed by atoms with Crippen molar-refractivity contribution in [1.82, 2.24) is 5.32 Å². The van der Waals surface area contributed by atoms with Crippen molar-refractivity contribution in [2.75, 3.05) is 6.61 Å². The number of rotatable bonds is 8. The van der Waals surface area contributed by atoms with Crippen molar-refractivity contribution in [3.63, 3.8) is 0 Å². The van der Waals surface area contributed by atoms with Gasteiger partial charge in [-0.3, -0.25) is 9.59 Å². The van der Waals surface area contributed by atoms with E-state index >= 15 is 0 Å². The van der Waals surface area contributed by atoms with Crippen LogP contribution in [0.25, 0.3) is 0 Å². The predicted octanol–water partition coefficient (Wildman–Crippen LogP) is 3.12. The van der Waals surface area contributed by atoms with E-state index in [2.05, 4.69) is 26.1 Å². The van der Waals surface area contributed by atoms with Crippen molar-refractivity contribution in [1.29, 1.82) is 0 Å². The molecule has 6 nitrogen and oxygen atoms in total. The molecule has 0 unspecified atom stereocenters. The number of halogens is 3. The van der Waals surface area contributed by atoms with E-state index in [-0.39, 0.29) is 23.6 Å². The summed E-state index contributed by atoms with van der Waals surface area (Å²) in [7, 11) is -2.05. The van der Waals surface area contributed by atoms with Crippen LogP contribution >= 0.6 is 0 Å². The van der Waals surface area contributed by atoms with E-state index in [0.717, 1.165) is 24.3 Å². The number of benzene rings is 1. The normalized spacial score (nSPS) is 14.9. The fourth-order valence-electron chi connectivity index (χ4n) is 2.19. The van der Waals surface area contributed by atoms with Gasteiger partial charge in [-0.1, -0.05) is 32.9 Å². The summed E-state index contributed by atoms with van der Waals surface area (Å²) in [6, 6.07) is 2.48. The Labute approximate surface area is 169 Å². The average molecular weight is 435 g/mol. The minimum atomic E-state index is -4.52. The molecule has 1 aromatic carbocycles. The Morgan fingerprint density at radius 2 is 1.69 bits per heavy atom. The smallest absolute Gasteiger partial charge is 0.416 e. The highest BCUT2D eigenvalue weighted by Gasteiger charge is 2.37. The second-order valence-corrected chi connectivity index (χ2v) is 13.2. The van der Waals surface area contributed by atoms with Gasteiger partial charge in [0.15, 0.2) is 14.4 Å². The number of hydrogen-bond donors (Lipinski definition) is 3. The lowest BCUT2D eigenvalue weighted by atomic mass is 10.1. The Kier molecular flexibility index (Phi) is 8.03. The van der Waals surface area contributed by atoms with Gasteiger partial charge in [0.1, 0.15) is 6.04 Å². The van der Waals surface area contributed by atoms with Crippen LogP contribution in [-0.2, 0) is 20.2 Å². The van der Waals surface area contributed by atoms with Gasteiger partial charge in [0.2, 0.25) is 5.91 Å². The molecule has 164 valence electrons. The molecule has 2 atom stereocenters. The Bertz CT molecular complexity index is 716. The summed E-state index contributed by atoms with van der Waals surface area (Å²) in [6.45, 7) is 10.5. The van der Waals surface area contributed by atoms with Crippen molar-refractivity contribution in [2.24, 2.45) is 5.73 Å². The maximum absolute atomic E-state index is 12.6. The molecule has 0 spiro atoms. The molecule has 0 bridgehead atoms. The van der Waals surface area contributed by atoms with Gasteiger partial charge in [-0.05, 0) is 42.2 Å². The van der Waals surface area contributed by atoms with E-state index in [1.54, 1.807) is 0 Å². The third-order valence-corrected chi connectivity index (χ3v) is 9.68. The van der Waals surface area contributed by atoms with Crippen LogP contribution in [0.15, 0.2) is 24.3 Å². The highest BCUT2D eigenvalue weighted by Crippen LogP contribution is 2.36. The molecule has 0 saturated heterocycles. The van der Waals surface area contributed by atoms with Gasteiger partial charge >= 0.3 is 6.18 Å². The maximum atomic E-state index is 12.6. The standard InChI is InChI=1S/C19H29F3N2O4Si/c1-18(2,3)29(4,5)28-11-10-14(16(23)26)24-17(27)15(25)12-6-8-13(9-7-12)19(20,21)22/h6-9,14-15,25H,10-11H2,1-5H3,(H2,23,26)(H,24,27)/t14-,15+/m1/s1. The molecule has 0 fully saturated rings. The number of aliphatic hydroxyl groups excluding tert-OH is 1. The number of carbonyl (C=O) groups is 2. The lowest BCUT2D eigenvalue weighted by Crippen LogP contribution is -2.48. The molecule has 0 aromatic heterocycles. The molecular weight excluding hydrogens is 405 g/mol. The third kappa shape index (κ3) is 7.13. The van der Waals surface area contributed by atoms with E-state index in [1.807, 2.05) is 13.1 Å². The van der Waals surface area contributed by atoms with Crippen molar-refractivity contribution in [2.45, 2.75) is 63.6 Å². The van der Waals surface area contributed by atoms with Gasteiger partial charge in [-0.2, -0.15) is 13.2 Å². The van der Waals surface area contributed by atoms with Crippen LogP contribution in [0.5, 0.6) is 0 Å². The van der Waals surface area contributed by atoms with E-state index < -0.39 is 44.0 Å². The van der Waals surface area contributed by atoms with Gasteiger partial charge < -0.3 is 20.6 Å². The number of carbonyl (C=O) groups excluding carboxylic acids is 2. The highest BCUT2D eigenvalue weighted by molar-refractivity contribution is 6.74. The molecule has 1 rings (SSSR count). The summed E-state index contributed by atoms with van der Waals surface area (Å²) in [5, 5.41) is 12.4. The van der Waals surface area contributed by atoms with Gasteiger partial charge in [-0.25, -0.2) is 0 Å². The summed E-state index contributed by atoms with van der Waals surface area (Å²) in [5.41, 5.74) is 4.39. The molecule has 0 aliphatic rings. The highest BCUT2D eigenvalue weighted by atomic mass is 28.4. The molecule has 0 saturated carbocycles. The quantitative estimate of drug-likeness (QED) is 0.547. The van der Waals surface area contributed by atoms with Gasteiger partial charge in [0.05, 0.1) is 5.56 Å². The number of nitrogens with two attached hydrogens (primary N) is 1. The first-order valence-electron chi connectivity index (χ1n) is 9.15. The third-order valence-electron chi connectivity index (χ3n) is 5.14. The number of nitrogens with one attached hydrogen (secondary N) is 1. The zero-order valence-corrected chi connectivity index (χ0v) is 18.3. The van der Waals surface area contributed by atoms with Crippen LogP contribution in [0.2, 0.25) is 18.1 Å². The maximum Gasteiger partial charge on any atom is 0.416 e. The summed E-state index contributed by atoms with van der Waals surface area (Å²) >= 11 is 0. The minimum absolute atomic E-state index is 0.0305. The van der Waals surface area contributed by atoms with E-state index in [4.69, 9.17) is 10.2 Å². The van der Waals surface area contributed by atoms with Gasteiger partial charge in [-0.15, -0.1) is 0 Å². The topological polar surface area (TPSA) is 102 Å². The van der Waals surface area contributed by atoms with Crippen LogP contribution in [0.3, 0.4) is 0 Å². The van der Waals surface area contributed by atoms with Crippen molar-refractivity contribution < 1.29 is 32.3 Å². The molecule has 0 aliphatic carbocycles. The van der Waals surface area contributed by atoms with Crippen LogP contribution in [0.1, 0.15) is 44.4 Å². The van der Waals surface area contributed by atoms with Crippen molar-refractivity contribution in [3.8, 4) is 0 Å². The first-order valence-corrected chi connectivity index (χ1v) is 12.1. The second-order valence-electron chi connectivity index (χ2n) is 8.38. The molecule has 0 heterocycles. The molecule has 29 heavy (non-hydrogen) atoms. The summed E-state index contributed by atoms with van der Waals surface area (Å²) in [5.74, 6) is -1.72. The SMILES string of the molecule is CC(C)(C)[Si](C)(C)OCC[C@@H](NC(=O)[C@@H](O)c1ccc(C(F)(F)F)cc1)C(N)=O. The summed E-state index contributed by atoms with van der Waals surface area (Å²) in [4.78, 5) is 23.9. The average Bonchev–Trinajstić information content (AvgIpc) is 2.58. The Morgan fingerprint density at radius 1 is 1.17 bits per heavy atom. The summed E-state index contributed by atoms with van der Waals surface area (Å²) < 4.78 is 43.8. The Balaban J connectivity index is 2.73. The molecule has 2 amide bonds. The first-order chi connectivity index (χ1) is 13.1. The zero-order valence-electron chi connectivity index (χ0n) is 17.3. The van der Waals surface area contributed by atoms with E-state index in [0.29, 0.717) is 0 Å². The molecule has 0 aliphatic heterocycles. The lowest BCUT2D eigenvalue weighted by molar-refractivity contribution is -0.137. The fraction of sp³-hybridized carbons (Fsp3) is 0.579. The first kappa shape index (κ1) is 25.1. The predicted molar refractivity (Wildman–Crippen MR) is 105 cm³/mol. The van der Waals surface area contributed by atoms with Crippen LogP contribution < -0.4 is 11.1 Å². The van der Waals surface area contributed by atoms with Crippen LogP contribution in [-0.4, -0.2) is 37.9 Å². The monoisotopic (exact) mass is 434 g/mol. The number of primary amides is 1. The van der Waals surface area contributed by atoms with E-state index in [1.165, 1.54) is 0 Å². The Morgan fingerprint density at radius 3 is 2.10 bits per heavy atom. The van der Waals surface area contributed by atoms with Crippen molar-refractivity contribution in [3.05, 3.63) is 35.4 Å². The van der Waals surface area contributed by atoms with Crippen LogP contribution in [0.4, 0.5) is 13.2 Å². The molecule has 0 radical (unpaired) electrons. The summed E-state index contributed by atoms with van der Waals surface area (Å²) in [6.07, 6.45) is -6.14. The molecule has 4 N–H and O–H groups in total. The lowest BCUT2D eigenvalue weighted by Gasteiger charge is -2.36. The molecule has 1 aromatic rings. The van der Waals surface area contributed by atoms with Crippen molar-refractivity contribution >= 4 is 20.1 Å². The van der Waals surface area contributed by atoms with E-state index in [9.17, 15) is 27.9 Å². The second kappa shape index (κ2) is 9.27. The minimum Gasteiger partial charge on any atom is -0.417 e. The number of aliphatic hydroxyl groups is 1. The van der Waals surface area contributed by atoms with Crippen LogP contribution in [0, 0.1) is 0 Å². The zero-order chi connectivity index (χ0) is 22.6. The molecular formula is C19H29F3N2O4Si. The Hall–Kier alpha value is -1.91.